The monoisotopic (exact) mass is 278 g/mol. The van der Waals surface area contributed by atoms with Crippen LogP contribution in [0.4, 0.5) is 5.69 Å². The van der Waals surface area contributed by atoms with Crippen molar-refractivity contribution in [1.82, 2.24) is 4.90 Å². The molecule has 0 saturated carbocycles. The smallest absolute Gasteiger partial charge is 0.183 e. The number of anilines is 1. The second-order valence-corrected chi connectivity index (χ2v) is 10.6. The number of nitrogens with zero attached hydrogens (tertiary/aromatic N) is 2. The first-order valence-corrected chi connectivity index (χ1v) is 10.6. The van der Waals surface area contributed by atoms with E-state index in [2.05, 4.69) is 59.8 Å². The normalized spacial score (nSPS) is 17.7. The van der Waals surface area contributed by atoms with Crippen molar-refractivity contribution < 1.29 is 4.43 Å². The van der Waals surface area contributed by atoms with E-state index >= 15 is 0 Å². The molecule has 0 spiro atoms. The van der Waals surface area contributed by atoms with Gasteiger partial charge in [0.2, 0.25) is 0 Å². The molecular formula is C15H26N2OSi. The maximum atomic E-state index is 5.93. The maximum absolute atomic E-state index is 5.93. The Morgan fingerprint density at radius 2 is 1.63 bits per heavy atom. The zero-order valence-electron chi connectivity index (χ0n) is 12.4. The van der Waals surface area contributed by atoms with Crippen molar-refractivity contribution in [3.8, 4) is 0 Å². The Balaban J connectivity index is 1.71. The molecule has 0 atom stereocenters. The van der Waals surface area contributed by atoms with Crippen molar-refractivity contribution in [3.05, 3.63) is 30.3 Å². The number of hydrogen-bond donors (Lipinski definition) is 0. The van der Waals surface area contributed by atoms with Gasteiger partial charge >= 0.3 is 0 Å². The lowest BCUT2D eigenvalue weighted by Crippen LogP contribution is -2.47. The highest BCUT2D eigenvalue weighted by Crippen LogP contribution is 2.15. The van der Waals surface area contributed by atoms with Crippen molar-refractivity contribution in [2.45, 2.75) is 19.6 Å². The molecule has 1 aliphatic heterocycles. The summed E-state index contributed by atoms with van der Waals surface area (Å²) in [6, 6.07) is 10.7. The van der Waals surface area contributed by atoms with Gasteiger partial charge in [0.1, 0.15) is 0 Å². The van der Waals surface area contributed by atoms with Crippen molar-refractivity contribution >= 4 is 14.0 Å². The van der Waals surface area contributed by atoms with Crippen molar-refractivity contribution in [1.29, 1.82) is 0 Å². The molecule has 0 aliphatic carbocycles. The van der Waals surface area contributed by atoms with Gasteiger partial charge in [0.15, 0.2) is 8.32 Å². The fourth-order valence-corrected chi connectivity index (χ4v) is 3.05. The fourth-order valence-electron chi connectivity index (χ4n) is 2.35. The number of rotatable bonds is 5. The molecule has 106 valence electrons. The third kappa shape index (κ3) is 4.97. The van der Waals surface area contributed by atoms with E-state index < -0.39 is 8.32 Å². The summed E-state index contributed by atoms with van der Waals surface area (Å²) in [6.07, 6.45) is 0. The van der Waals surface area contributed by atoms with Crippen LogP contribution in [0.5, 0.6) is 0 Å². The molecule has 1 aliphatic rings. The van der Waals surface area contributed by atoms with Gasteiger partial charge < -0.3 is 9.33 Å². The van der Waals surface area contributed by atoms with Gasteiger partial charge in [-0.2, -0.15) is 0 Å². The molecule has 1 aromatic rings. The molecule has 0 bridgehead atoms. The van der Waals surface area contributed by atoms with Crippen LogP contribution in [0.2, 0.25) is 19.6 Å². The molecule has 3 nitrogen and oxygen atoms in total. The SMILES string of the molecule is C[Si](C)(C)OCCN1CCN(c2ccccc2)CC1. The highest BCUT2D eigenvalue weighted by molar-refractivity contribution is 6.69. The van der Waals surface area contributed by atoms with Crippen molar-refractivity contribution in [3.63, 3.8) is 0 Å². The molecule has 1 saturated heterocycles. The number of benzene rings is 1. The molecule has 4 heteroatoms. The molecule has 0 amide bonds. The van der Waals surface area contributed by atoms with E-state index in [4.69, 9.17) is 4.43 Å². The topological polar surface area (TPSA) is 15.7 Å². The van der Waals surface area contributed by atoms with Crippen LogP contribution in [0, 0.1) is 0 Å². The van der Waals surface area contributed by atoms with Crippen LogP contribution < -0.4 is 4.90 Å². The lowest BCUT2D eigenvalue weighted by Gasteiger charge is -2.36. The minimum Gasteiger partial charge on any atom is -0.416 e. The zero-order valence-corrected chi connectivity index (χ0v) is 13.4. The summed E-state index contributed by atoms with van der Waals surface area (Å²) in [4.78, 5) is 4.98. The zero-order chi connectivity index (χ0) is 13.7. The van der Waals surface area contributed by atoms with Crippen LogP contribution in [0.1, 0.15) is 0 Å². The number of hydrogen-bond acceptors (Lipinski definition) is 3. The molecule has 1 aromatic carbocycles. The number of para-hydroxylation sites is 1. The Morgan fingerprint density at radius 1 is 1.00 bits per heavy atom. The summed E-state index contributed by atoms with van der Waals surface area (Å²) in [5.41, 5.74) is 1.35. The Bertz CT molecular complexity index is 369. The largest absolute Gasteiger partial charge is 0.416 e. The standard InChI is InChI=1S/C15H26N2OSi/c1-19(2,3)18-14-13-16-9-11-17(12-10-16)15-7-5-4-6-8-15/h4-8H,9-14H2,1-3H3. The molecule has 1 heterocycles. The summed E-state index contributed by atoms with van der Waals surface area (Å²) < 4.78 is 5.93. The lowest BCUT2D eigenvalue weighted by molar-refractivity contribution is 0.197. The Kier molecular flexibility index (Phi) is 5.02. The predicted molar refractivity (Wildman–Crippen MR) is 84.4 cm³/mol. The Hall–Kier alpha value is -0.843. The minimum atomic E-state index is -1.34. The second-order valence-electron chi connectivity index (χ2n) is 6.13. The Labute approximate surface area is 118 Å². The average molecular weight is 278 g/mol. The lowest BCUT2D eigenvalue weighted by atomic mass is 10.2. The van der Waals surface area contributed by atoms with E-state index in [1.165, 1.54) is 5.69 Å². The molecule has 0 unspecified atom stereocenters. The predicted octanol–water partition coefficient (Wildman–Crippen LogP) is 2.66. The summed E-state index contributed by atoms with van der Waals surface area (Å²) >= 11 is 0. The highest BCUT2D eigenvalue weighted by Gasteiger charge is 2.18. The van der Waals surface area contributed by atoms with E-state index in [1.54, 1.807) is 0 Å². The summed E-state index contributed by atoms with van der Waals surface area (Å²) in [7, 11) is -1.34. The molecule has 0 aromatic heterocycles. The van der Waals surface area contributed by atoms with Gasteiger partial charge in [-0.05, 0) is 31.8 Å². The van der Waals surface area contributed by atoms with Gasteiger partial charge in [-0.1, -0.05) is 18.2 Å². The van der Waals surface area contributed by atoms with Crippen LogP contribution in [-0.4, -0.2) is 52.5 Å². The molecular weight excluding hydrogens is 252 g/mol. The van der Waals surface area contributed by atoms with Gasteiger partial charge in [-0.25, -0.2) is 0 Å². The van der Waals surface area contributed by atoms with Gasteiger partial charge in [-0.3, -0.25) is 4.90 Å². The molecule has 0 N–H and O–H groups in total. The van der Waals surface area contributed by atoms with Crippen molar-refractivity contribution in [2.24, 2.45) is 0 Å². The van der Waals surface area contributed by atoms with Gasteiger partial charge in [0.05, 0.1) is 0 Å². The quantitative estimate of drug-likeness (QED) is 0.770. The third-order valence-corrected chi connectivity index (χ3v) is 4.51. The van der Waals surface area contributed by atoms with Crippen LogP contribution in [-0.2, 0) is 4.43 Å². The van der Waals surface area contributed by atoms with Crippen LogP contribution in [0.25, 0.3) is 0 Å². The third-order valence-electron chi connectivity index (χ3n) is 3.44. The van der Waals surface area contributed by atoms with E-state index in [-0.39, 0.29) is 0 Å². The molecule has 0 radical (unpaired) electrons. The van der Waals surface area contributed by atoms with Gasteiger partial charge in [-0.15, -0.1) is 0 Å². The maximum Gasteiger partial charge on any atom is 0.183 e. The van der Waals surface area contributed by atoms with E-state index in [0.717, 1.165) is 39.3 Å². The van der Waals surface area contributed by atoms with Crippen LogP contribution in [0.3, 0.4) is 0 Å². The first-order valence-electron chi connectivity index (χ1n) is 7.21. The first-order chi connectivity index (χ1) is 9.04. The fraction of sp³-hybridized carbons (Fsp3) is 0.600. The summed E-state index contributed by atoms with van der Waals surface area (Å²) in [5, 5.41) is 0. The van der Waals surface area contributed by atoms with E-state index in [1.807, 2.05) is 0 Å². The number of piperazine rings is 1. The van der Waals surface area contributed by atoms with Crippen LogP contribution in [0.15, 0.2) is 30.3 Å². The highest BCUT2D eigenvalue weighted by atomic mass is 28.4. The minimum absolute atomic E-state index is 0.890. The van der Waals surface area contributed by atoms with Crippen molar-refractivity contribution in [2.75, 3.05) is 44.2 Å². The van der Waals surface area contributed by atoms with E-state index in [0.29, 0.717) is 0 Å². The van der Waals surface area contributed by atoms with Gasteiger partial charge in [0.25, 0.3) is 0 Å². The van der Waals surface area contributed by atoms with E-state index in [9.17, 15) is 0 Å². The molecule has 19 heavy (non-hydrogen) atoms. The average Bonchev–Trinajstić information content (AvgIpc) is 2.39. The Morgan fingerprint density at radius 3 is 2.21 bits per heavy atom. The summed E-state index contributed by atoms with van der Waals surface area (Å²) in [6.45, 7) is 13.2. The first kappa shape index (κ1) is 14.6. The second kappa shape index (κ2) is 6.55. The molecule has 1 fully saturated rings. The molecule has 2 rings (SSSR count). The van der Waals surface area contributed by atoms with Crippen LogP contribution >= 0.6 is 0 Å². The van der Waals surface area contributed by atoms with Gasteiger partial charge in [0, 0.05) is 45.0 Å². The summed E-state index contributed by atoms with van der Waals surface area (Å²) in [5.74, 6) is 0.